The average molecular weight is 404 g/mol. The van der Waals surface area contributed by atoms with Gasteiger partial charge in [0.15, 0.2) is 0 Å². The highest BCUT2D eigenvalue weighted by molar-refractivity contribution is 9.10. The molecule has 0 radical (unpaired) electrons. The quantitative estimate of drug-likeness (QED) is 0.487. The van der Waals surface area contributed by atoms with Gasteiger partial charge in [-0.3, -0.25) is 0 Å². The van der Waals surface area contributed by atoms with Crippen LogP contribution in [-0.2, 0) is 12.2 Å². The van der Waals surface area contributed by atoms with Gasteiger partial charge in [-0.25, -0.2) is 4.98 Å². The molecule has 1 N–H and O–H groups in total. The zero-order chi connectivity index (χ0) is 15.4. The second kappa shape index (κ2) is 7.77. The van der Waals surface area contributed by atoms with Gasteiger partial charge in [0, 0.05) is 15.6 Å². The van der Waals surface area contributed by atoms with Crippen LogP contribution in [0.15, 0.2) is 33.6 Å². The van der Waals surface area contributed by atoms with E-state index < -0.39 is 0 Å². The minimum atomic E-state index is 0.558. The Labute approximate surface area is 147 Å². The number of aromatic amines is 1. The largest absolute Gasteiger partial charge is 0.345 e. The molecule has 112 valence electrons. The minimum Gasteiger partial charge on any atom is -0.345 e. The summed E-state index contributed by atoms with van der Waals surface area (Å²) in [6.45, 7) is 4.37. The Hall–Kier alpha value is -0.360. The fourth-order valence-electron chi connectivity index (χ4n) is 1.88. The number of halogens is 2. The van der Waals surface area contributed by atoms with Crippen LogP contribution in [0, 0.1) is 10.6 Å². The van der Waals surface area contributed by atoms with Crippen molar-refractivity contribution in [2.24, 2.45) is 5.92 Å². The maximum Gasteiger partial charge on any atom is 0.144 e. The standard InChI is InChI=1S/C15H16BrClN2S2/c1-9(2)6-12-14(16)15(20)19-13(18-12)8-21-11-5-3-4-10(17)7-11/h3-5,7,9H,6,8H2,1-2H3,(H,18,19,20). The first kappa shape index (κ1) is 17.0. The lowest BCUT2D eigenvalue weighted by atomic mass is 10.1. The van der Waals surface area contributed by atoms with Crippen molar-refractivity contribution < 1.29 is 0 Å². The van der Waals surface area contributed by atoms with Gasteiger partial charge in [-0.15, -0.1) is 11.8 Å². The van der Waals surface area contributed by atoms with Crippen molar-refractivity contribution in [3.05, 3.63) is 49.9 Å². The van der Waals surface area contributed by atoms with Crippen LogP contribution in [0.2, 0.25) is 5.02 Å². The predicted molar refractivity (Wildman–Crippen MR) is 96.7 cm³/mol. The van der Waals surface area contributed by atoms with Gasteiger partial charge >= 0.3 is 0 Å². The van der Waals surface area contributed by atoms with Crippen LogP contribution in [0.1, 0.15) is 25.4 Å². The summed E-state index contributed by atoms with van der Waals surface area (Å²) in [5.41, 5.74) is 1.12. The van der Waals surface area contributed by atoms with E-state index in [0.29, 0.717) is 10.6 Å². The molecule has 0 saturated carbocycles. The van der Waals surface area contributed by atoms with Crippen molar-refractivity contribution in [2.75, 3.05) is 0 Å². The Morgan fingerprint density at radius 2 is 2.19 bits per heavy atom. The molecule has 2 nitrogen and oxygen atoms in total. The fraction of sp³-hybridized carbons (Fsp3) is 0.333. The number of rotatable bonds is 5. The summed E-state index contributed by atoms with van der Waals surface area (Å²) in [4.78, 5) is 8.95. The Bertz CT molecular complexity index is 686. The van der Waals surface area contributed by atoms with E-state index in [1.54, 1.807) is 11.8 Å². The third kappa shape index (κ3) is 5.09. The van der Waals surface area contributed by atoms with Gasteiger partial charge in [-0.2, -0.15) is 0 Å². The molecular weight excluding hydrogens is 388 g/mol. The van der Waals surface area contributed by atoms with Crippen molar-refractivity contribution in [3.63, 3.8) is 0 Å². The zero-order valence-corrected chi connectivity index (χ0v) is 15.8. The third-order valence-electron chi connectivity index (χ3n) is 2.77. The molecule has 6 heteroatoms. The molecule has 0 bridgehead atoms. The second-order valence-electron chi connectivity index (χ2n) is 5.13. The topological polar surface area (TPSA) is 28.7 Å². The number of hydrogen-bond acceptors (Lipinski definition) is 3. The normalized spacial score (nSPS) is 11.1. The lowest BCUT2D eigenvalue weighted by molar-refractivity contribution is 0.629. The SMILES string of the molecule is CC(C)Cc1[nH]c(CSc2cccc(Cl)c2)nc(=S)c1Br. The molecule has 0 aliphatic heterocycles. The first-order chi connectivity index (χ1) is 9.95. The van der Waals surface area contributed by atoms with Gasteiger partial charge in [0.05, 0.1) is 10.2 Å². The Morgan fingerprint density at radius 1 is 1.43 bits per heavy atom. The van der Waals surface area contributed by atoms with E-state index >= 15 is 0 Å². The summed E-state index contributed by atoms with van der Waals surface area (Å²) < 4.78 is 1.52. The van der Waals surface area contributed by atoms with E-state index in [2.05, 4.69) is 39.7 Å². The lowest BCUT2D eigenvalue weighted by Gasteiger charge is -2.10. The van der Waals surface area contributed by atoms with Gasteiger partial charge in [-0.05, 0) is 46.5 Å². The van der Waals surface area contributed by atoms with Crippen molar-refractivity contribution >= 4 is 51.5 Å². The van der Waals surface area contributed by atoms with E-state index in [4.69, 9.17) is 23.8 Å². The molecule has 0 atom stereocenters. The number of hydrogen-bond donors (Lipinski definition) is 1. The monoisotopic (exact) mass is 402 g/mol. The minimum absolute atomic E-state index is 0.558. The van der Waals surface area contributed by atoms with E-state index in [9.17, 15) is 0 Å². The predicted octanol–water partition coefficient (Wildman–Crippen LogP) is 6.05. The Morgan fingerprint density at radius 3 is 2.86 bits per heavy atom. The van der Waals surface area contributed by atoms with E-state index in [-0.39, 0.29) is 0 Å². The number of thioether (sulfide) groups is 1. The number of nitrogens with one attached hydrogen (secondary N) is 1. The average Bonchev–Trinajstić information content (AvgIpc) is 2.41. The van der Waals surface area contributed by atoms with Crippen LogP contribution in [0.5, 0.6) is 0 Å². The van der Waals surface area contributed by atoms with Crippen molar-refractivity contribution in [1.82, 2.24) is 9.97 Å². The molecule has 2 rings (SSSR count). The lowest BCUT2D eigenvalue weighted by Crippen LogP contribution is -2.04. The van der Waals surface area contributed by atoms with E-state index in [0.717, 1.165) is 38.1 Å². The molecular formula is C15H16BrClN2S2. The number of aromatic nitrogens is 2. The second-order valence-corrected chi connectivity index (χ2v) is 7.79. The van der Waals surface area contributed by atoms with Gasteiger partial charge < -0.3 is 4.98 Å². The molecule has 0 unspecified atom stereocenters. The summed E-state index contributed by atoms with van der Waals surface area (Å²) in [5.74, 6) is 2.19. The zero-order valence-electron chi connectivity index (χ0n) is 11.8. The smallest absolute Gasteiger partial charge is 0.144 e. The van der Waals surface area contributed by atoms with Crippen molar-refractivity contribution in [3.8, 4) is 0 Å². The van der Waals surface area contributed by atoms with Gasteiger partial charge in [-0.1, -0.05) is 43.7 Å². The molecule has 0 fully saturated rings. The highest BCUT2D eigenvalue weighted by atomic mass is 79.9. The van der Waals surface area contributed by atoms with Crippen molar-refractivity contribution in [2.45, 2.75) is 30.9 Å². The first-order valence-electron chi connectivity index (χ1n) is 6.61. The van der Waals surface area contributed by atoms with Crippen LogP contribution in [0.4, 0.5) is 0 Å². The van der Waals surface area contributed by atoms with Crippen LogP contribution in [-0.4, -0.2) is 9.97 Å². The molecule has 0 saturated heterocycles. The molecule has 2 aromatic rings. The molecule has 21 heavy (non-hydrogen) atoms. The maximum absolute atomic E-state index is 6.00. The van der Waals surface area contributed by atoms with E-state index in [1.165, 1.54) is 0 Å². The van der Waals surface area contributed by atoms with Crippen LogP contribution in [0.25, 0.3) is 0 Å². The molecule has 0 spiro atoms. The molecule has 1 heterocycles. The van der Waals surface area contributed by atoms with Gasteiger partial charge in [0.25, 0.3) is 0 Å². The van der Waals surface area contributed by atoms with E-state index in [1.807, 2.05) is 24.3 Å². The number of benzene rings is 1. The summed E-state index contributed by atoms with van der Waals surface area (Å²) in [5, 5.41) is 0.747. The van der Waals surface area contributed by atoms with Crippen LogP contribution >= 0.6 is 51.5 Å². The van der Waals surface area contributed by atoms with Gasteiger partial charge in [0.2, 0.25) is 0 Å². The Kier molecular flexibility index (Phi) is 6.29. The molecule has 0 amide bonds. The van der Waals surface area contributed by atoms with Crippen molar-refractivity contribution in [1.29, 1.82) is 0 Å². The summed E-state index contributed by atoms with van der Waals surface area (Å²) >= 11 is 16.5. The summed E-state index contributed by atoms with van der Waals surface area (Å²) in [6, 6.07) is 7.82. The highest BCUT2D eigenvalue weighted by Gasteiger charge is 2.09. The molecule has 1 aromatic heterocycles. The number of nitrogens with zero attached hydrogens (tertiary/aromatic N) is 1. The first-order valence-corrected chi connectivity index (χ1v) is 9.18. The van der Waals surface area contributed by atoms with Gasteiger partial charge in [0.1, 0.15) is 10.5 Å². The van der Waals surface area contributed by atoms with Crippen LogP contribution in [0.3, 0.4) is 0 Å². The Balaban J connectivity index is 2.17. The summed E-state index contributed by atoms with van der Waals surface area (Å²) in [7, 11) is 0. The maximum atomic E-state index is 6.00. The number of H-pyrrole nitrogens is 1. The highest BCUT2D eigenvalue weighted by Crippen LogP contribution is 2.25. The molecule has 0 aliphatic rings. The summed E-state index contributed by atoms with van der Waals surface area (Å²) in [6.07, 6.45) is 0.946. The molecule has 0 aliphatic carbocycles. The molecule has 1 aromatic carbocycles. The van der Waals surface area contributed by atoms with Crippen LogP contribution < -0.4 is 0 Å². The third-order valence-corrected chi connectivity index (χ3v) is 5.42. The fourth-order valence-corrected chi connectivity index (χ4v) is 3.55.